The molecule has 0 bridgehead atoms. The zero-order chi connectivity index (χ0) is 27.2. The maximum absolute atomic E-state index is 14.4. The first kappa shape index (κ1) is 26.6. The Balaban J connectivity index is 1.22. The minimum absolute atomic E-state index is 0.0805. The van der Waals surface area contributed by atoms with Crippen molar-refractivity contribution in [1.29, 1.82) is 0 Å². The van der Waals surface area contributed by atoms with Gasteiger partial charge >= 0.3 is 0 Å². The minimum atomic E-state index is -0.368. The first-order valence-corrected chi connectivity index (χ1v) is 13.3. The second kappa shape index (κ2) is 12.2. The maximum Gasteiger partial charge on any atom is 0.294 e. The molecule has 2 aliphatic heterocycles. The number of rotatable bonds is 8. The second-order valence-electron chi connectivity index (χ2n) is 9.94. The maximum atomic E-state index is 14.4. The lowest BCUT2D eigenvalue weighted by Crippen LogP contribution is -2.45. The summed E-state index contributed by atoms with van der Waals surface area (Å²) in [7, 11) is 2.14. The van der Waals surface area contributed by atoms with E-state index in [1.807, 2.05) is 12.1 Å². The number of nitrogens with zero attached hydrogens (tertiary/aromatic N) is 3. The minimum Gasteiger partial charge on any atom is -0.449 e. The Hall–Kier alpha value is -4.01. The molecule has 3 aromatic carbocycles. The summed E-state index contributed by atoms with van der Waals surface area (Å²) in [6, 6.07) is 20.7. The molecule has 0 spiro atoms. The molecule has 0 atom stereocenters. The van der Waals surface area contributed by atoms with Crippen molar-refractivity contribution in [1.82, 2.24) is 15.1 Å². The van der Waals surface area contributed by atoms with Crippen LogP contribution in [0.1, 0.15) is 27.9 Å². The molecule has 5 rings (SSSR count). The summed E-state index contributed by atoms with van der Waals surface area (Å²) in [6.07, 6.45) is 2.55. The lowest BCUT2D eigenvalue weighted by atomic mass is 10.1. The van der Waals surface area contributed by atoms with Gasteiger partial charge in [-0.15, -0.1) is 0 Å². The third kappa shape index (κ3) is 6.53. The van der Waals surface area contributed by atoms with Gasteiger partial charge in [0.25, 0.3) is 11.8 Å². The van der Waals surface area contributed by atoms with Gasteiger partial charge in [-0.2, -0.15) is 0 Å². The lowest BCUT2D eigenvalue weighted by Gasteiger charge is -2.32. The van der Waals surface area contributed by atoms with Crippen LogP contribution in [0.2, 0.25) is 0 Å². The zero-order valence-corrected chi connectivity index (χ0v) is 22.1. The number of anilines is 1. The number of carbonyl (C=O) groups is 2. The number of fused-ring (bicyclic) bond motifs is 1. The molecule has 0 saturated carbocycles. The van der Waals surface area contributed by atoms with Crippen molar-refractivity contribution in [2.75, 3.05) is 51.2 Å². The second-order valence-corrected chi connectivity index (χ2v) is 9.94. The van der Waals surface area contributed by atoms with Gasteiger partial charge in [0.15, 0.2) is 11.5 Å². The average molecular weight is 529 g/mol. The van der Waals surface area contributed by atoms with Gasteiger partial charge in [-0.3, -0.25) is 14.5 Å². The van der Waals surface area contributed by atoms with Gasteiger partial charge in [0.05, 0.1) is 12.2 Å². The van der Waals surface area contributed by atoms with E-state index in [0.29, 0.717) is 29.1 Å². The fraction of sp³-hybridized carbons (Fsp3) is 0.290. The summed E-state index contributed by atoms with van der Waals surface area (Å²) in [5, 5.41) is 2.99. The van der Waals surface area contributed by atoms with Crippen molar-refractivity contribution in [3.8, 4) is 5.75 Å². The first-order chi connectivity index (χ1) is 19.0. The van der Waals surface area contributed by atoms with Gasteiger partial charge in [-0.25, -0.2) is 4.39 Å². The van der Waals surface area contributed by atoms with Crippen molar-refractivity contribution in [3.63, 3.8) is 0 Å². The summed E-state index contributed by atoms with van der Waals surface area (Å²) in [5.74, 6) is -0.201. The molecular formula is C31H33FN4O3. The van der Waals surface area contributed by atoms with E-state index in [1.54, 1.807) is 60.7 Å². The summed E-state index contributed by atoms with van der Waals surface area (Å²) in [5.41, 5.74) is 2.28. The van der Waals surface area contributed by atoms with E-state index in [4.69, 9.17) is 4.74 Å². The van der Waals surface area contributed by atoms with Crippen LogP contribution in [0, 0.1) is 5.82 Å². The molecule has 1 N–H and O–H groups in total. The van der Waals surface area contributed by atoms with Gasteiger partial charge in [0.2, 0.25) is 0 Å². The number of para-hydroxylation sites is 2. The molecule has 0 unspecified atom stereocenters. The summed E-state index contributed by atoms with van der Waals surface area (Å²) >= 11 is 0. The normalized spacial score (nSPS) is 17.1. The Kier molecular flexibility index (Phi) is 8.34. The number of likely N-dealkylation sites (N-methyl/N-ethyl adjacent to an activating group) is 1. The molecule has 2 heterocycles. The molecular weight excluding hydrogens is 495 g/mol. The zero-order valence-electron chi connectivity index (χ0n) is 22.1. The molecule has 0 aromatic heterocycles. The van der Waals surface area contributed by atoms with Crippen LogP contribution in [0.4, 0.5) is 10.1 Å². The molecule has 202 valence electrons. The molecule has 39 heavy (non-hydrogen) atoms. The lowest BCUT2D eigenvalue weighted by molar-refractivity contribution is -0.117. The third-order valence-corrected chi connectivity index (χ3v) is 7.12. The van der Waals surface area contributed by atoms with Gasteiger partial charge in [-0.1, -0.05) is 42.5 Å². The molecule has 3 aromatic rings. The standard InChI is InChI=1S/C31H33FN4O3/c1-34-17-19-35(20-18-34)16-6-15-33-30(37)24-13-11-23(12-14-24)21-29-31(38)36(22-25-7-2-3-8-26(25)32)27-9-4-5-10-28(27)39-29/h2-5,7-14,21H,6,15-20,22H2,1H3,(H,33,37)/b29-21-. The average Bonchev–Trinajstić information content (AvgIpc) is 2.95. The number of piperazine rings is 1. The first-order valence-electron chi connectivity index (χ1n) is 13.3. The summed E-state index contributed by atoms with van der Waals surface area (Å²) in [6.45, 7) is 5.99. The smallest absolute Gasteiger partial charge is 0.294 e. The van der Waals surface area contributed by atoms with Crippen LogP contribution in [-0.4, -0.2) is 67.9 Å². The van der Waals surface area contributed by atoms with Crippen LogP contribution in [0.5, 0.6) is 5.75 Å². The Morgan fingerprint density at radius 1 is 0.974 bits per heavy atom. The van der Waals surface area contributed by atoms with Crippen LogP contribution in [-0.2, 0) is 11.3 Å². The SMILES string of the molecule is CN1CCN(CCCNC(=O)c2ccc(/C=C3\Oc4ccccc4N(Cc4ccccc4F)C3=O)cc2)CC1. The predicted octanol–water partition coefficient (Wildman–Crippen LogP) is 4.16. The molecule has 1 saturated heterocycles. The monoisotopic (exact) mass is 528 g/mol. The Labute approximate surface area is 228 Å². The van der Waals surface area contributed by atoms with Gasteiger partial charge in [0, 0.05) is 43.9 Å². The predicted molar refractivity (Wildman–Crippen MR) is 150 cm³/mol. The number of hydrogen-bond donors (Lipinski definition) is 1. The van der Waals surface area contributed by atoms with Crippen LogP contribution >= 0.6 is 0 Å². The van der Waals surface area contributed by atoms with E-state index in [2.05, 4.69) is 22.2 Å². The molecule has 2 aliphatic rings. The van der Waals surface area contributed by atoms with Gasteiger partial charge in [0.1, 0.15) is 5.82 Å². The Bertz CT molecular complexity index is 1350. The summed E-state index contributed by atoms with van der Waals surface area (Å²) in [4.78, 5) is 32.3. The highest BCUT2D eigenvalue weighted by atomic mass is 19.1. The number of halogens is 1. The quantitative estimate of drug-likeness (QED) is 0.352. The number of benzene rings is 3. The van der Waals surface area contributed by atoms with Crippen molar-refractivity contribution < 1.29 is 18.7 Å². The number of nitrogens with one attached hydrogen (secondary N) is 1. The van der Waals surface area contributed by atoms with Crippen LogP contribution < -0.4 is 15.0 Å². The van der Waals surface area contributed by atoms with E-state index in [0.717, 1.165) is 44.7 Å². The van der Waals surface area contributed by atoms with Crippen LogP contribution in [0.15, 0.2) is 78.6 Å². The molecule has 0 aliphatic carbocycles. The molecule has 8 heteroatoms. The van der Waals surface area contributed by atoms with E-state index in [-0.39, 0.29) is 29.9 Å². The summed E-state index contributed by atoms with van der Waals surface area (Å²) < 4.78 is 20.3. The van der Waals surface area contributed by atoms with E-state index in [1.165, 1.54) is 11.0 Å². The number of amides is 2. The largest absolute Gasteiger partial charge is 0.449 e. The van der Waals surface area contributed by atoms with Crippen molar-refractivity contribution in [2.24, 2.45) is 0 Å². The van der Waals surface area contributed by atoms with Gasteiger partial charge in [-0.05, 0) is 62.0 Å². The highest BCUT2D eigenvalue weighted by molar-refractivity contribution is 6.09. The fourth-order valence-corrected chi connectivity index (χ4v) is 4.78. The topological polar surface area (TPSA) is 65.1 Å². The number of hydrogen-bond acceptors (Lipinski definition) is 5. The van der Waals surface area contributed by atoms with Gasteiger partial charge < -0.3 is 19.9 Å². The van der Waals surface area contributed by atoms with E-state index < -0.39 is 0 Å². The molecule has 2 amide bonds. The fourth-order valence-electron chi connectivity index (χ4n) is 4.78. The highest BCUT2D eigenvalue weighted by Crippen LogP contribution is 2.36. The van der Waals surface area contributed by atoms with E-state index in [9.17, 15) is 14.0 Å². The third-order valence-electron chi connectivity index (χ3n) is 7.12. The molecule has 7 nitrogen and oxygen atoms in total. The number of ether oxygens (including phenoxy) is 1. The van der Waals surface area contributed by atoms with Crippen LogP contribution in [0.3, 0.4) is 0 Å². The Morgan fingerprint density at radius 2 is 1.69 bits per heavy atom. The molecule has 1 fully saturated rings. The van der Waals surface area contributed by atoms with Crippen molar-refractivity contribution in [2.45, 2.75) is 13.0 Å². The van der Waals surface area contributed by atoms with Crippen molar-refractivity contribution >= 4 is 23.6 Å². The van der Waals surface area contributed by atoms with Crippen molar-refractivity contribution in [3.05, 3.63) is 101 Å². The highest BCUT2D eigenvalue weighted by Gasteiger charge is 2.30. The van der Waals surface area contributed by atoms with E-state index >= 15 is 0 Å². The molecule has 0 radical (unpaired) electrons. The number of carbonyl (C=O) groups excluding carboxylic acids is 2. The van der Waals surface area contributed by atoms with Crippen LogP contribution in [0.25, 0.3) is 6.08 Å². The Morgan fingerprint density at radius 3 is 2.46 bits per heavy atom.